The van der Waals surface area contributed by atoms with Crippen LogP contribution in [-0.4, -0.2) is 20.3 Å². The molecule has 0 aliphatic carbocycles. The average molecular weight is 350 g/mol. The van der Waals surface area contributed by atoms with E-state index in [1.54, 1.807) is 14.2 Å². The maximum atomic E-state index is 5.26. The number of anilines is 1. The lowest BCUT2D eigenvalue weighted by Gasteiger charge is -2.17. The number of ether oxygens (including phenoxy) is 2. The van der Waals surface area contributed by atoms with Gasteiger partial charge in [-0.25, -0.2) is 0 Å². The first-order chi connectivity index (χ1) is 10.1. The third-order valence-electron chi connectivity index (χ3n) is 3.28. The van der Waals surface area contributed by atoms with Crippen molar-refractivity contribution in [2.24, 2.45) is 0 Å². The summed E-state index contributed by atoms with van der Waals surface area (Å²) in [7, 11) is 3.35. The molecule has 2 rings (SSSR count). The van der Waals surface area contributed by atoms with Gasteiger partial charge in [0, 0.05) is 16.6 Å². The summed E-state index contributed by atoms with van der Waals surface area (Å²) >= 11 is 3.56. The molecule has 3 nitrogen and oxygen atoms in total. The van der Waals surface area contributed by atoms with E-state index < -0.39 is 0 Å². The monoisotopic (exact) mass is 349 g/mol. The Kier molecular flexibility index (Phi) is 5.51. The second-order valence-electron chi connectivity index (χ2n) is 4.94. The van der Waals surface area contributed by atoms with Crippen LogP contribution in [0.2, 0.25) is 0 Å². The molecule has 0 bridgehead atoms. The van der Waals surface area contributed by atoms with E-state index in [4.69, 9.17) is 9.47 Å². The normalized spacial score (nSPS) is 11.8. The van der Waals surface area contributed by atoms with Gasteiger partial charge in [0.1, 0.15) is 11.5 Å². The minimum Gasteiger partial charge on any atom is -0.497 e. The summed E-state index contributed by atoms with van der Waals surface area (Å²) in [5.41, 5.74) is 2.31. The lowest BCUT2D eigenvalue weighted by Crippen LogP contribution is -2.18. The van der Waals surface area contributed by atoms with Crippen molar-refractivity contribution in [3.8, 4) is 11.5 Å². The third-order valence-corrected chi connectivity index (χ3v) is 3.97. The molecule has 0 heterocycles. The molecule has 0 fully saturated rings. The fourth-order valence-electron chi connectivity index (χ4n) is 2.17. The molecule has 0 radical (unpaired) electrons. The van der Waals surface area contributed by atoms with Gasteiger partial charge in [-0.3, -0.25) is 0 Å². The van der Waals surface area contributed by atoms with Crippen LogP contribution in [0.4, 0.5) is 5.69 Å². The van der Waals surface area contributed by atoms with E-state index in [0.717, 1.165) is 28.1 Å². The van der Waals surface area contributed by atoms with Gasteiger partial charge in [-0.15, -0.1) is 0 Å². The molecular formula is C17H20BrNO2. The maximum absolute atomic E-state index is 5.26. The molecule has 0 spiro atoms. The van der Waals surface area contributed by atoms with Crippen molar-refractivity contribution < 1.29 is 9.47 Å². The van der Waals surface area contributed by atoms with E-state index in [1.807, 2.05) is 30.3 Å². The molecule has 0 aromatic heterocycles. The fraction of sp³-hybridized carbons (Fsp3) is 0.294. The van der Waals surface area contributed by atoms with E-state index >= 15 is 0 Å². The number of hydrogen-bond donors (Lipinski definition) is 1. The summed E-state index contributed by atoms with van der Waals surface area (Å²) in [5, 5.41) is 3.50. The zero-order chi connectivity index (χ0) is 15.2. The van der Waals surface area contributed by atoms with Crippen LogP contribution < -0.4 is 14.8 Å². The SMILES string of the molecule is COc1ccc(CC(C)Nc2cc(OC)ccc2Br)cc1. The molecular weight excluding hydrogens is 330 g/mol. The van der Waals surface area contributed by atoms with Gasteiger partial charge in [0.2, 0.25) is 0 Å². The number of benzene rings is 2. The van der Waals surface area contributed by atoms with Crippen LogP contribution in [0.1, 0.15) is 12.5 Å². The molecule has 0 saturated heterocycles. The number of hydrogen-bond acceptors (Lipinski definition) is 3. The first-order valence-electron chi connectivity index (χ1n) is 6.85. The molecule has 0 aliphatic rings. The Morgan fingerprint density at radius 2 is 1.62 bits per heavy atom. The zero-order valence-corrected chi connectivity index (χ0v) is 14.1. The van der Waals surface area contributed by atoms with E-state index in [-0.39, 0.29) is 0 Å². The predicted octanol–water partition coefficient (Wildman–Crippen LogP) is 4.51. The molecule has 0 amide bonds. The number of rotatable bonds is 6. The average Bonchev–Trinajstić information content (AvgIpc) is 2.50. The largest absolute Gasteiger partial charge is 0.497 e. The molecule has 0 saturated carbocycles. The number of nitrogens with one attached hydrogen (secondary N) is 1. The van der Waals surface area contributed by atoms with Crippen molar-refractivity contribution >= 4 is 21.6 Å². The van der Waals surface area contributed by atoms with Crippen molar-refractivity contribution in [3.63, 3.8) is 0 Å². The summed E-state index contributed by atoms with van der Waals surface area (Å²) in [6.07, 6.45) is 0.938. The number of halogens is 1. The highest BCUT2D eigenvalue weighted by atomic mass is 79.9. The summed E-state index contributed by atoms with van der Waals surface area (Å²) in [5.74, 6) is 1.73. The fourth-order valence-corrected chi connectivity index (χ4v) is 2.53. The van der Waals surface area contributed by atoms with Crippen molar-refractivity contribution in [2.75, 3.05) is 19.5 Å². The van der Waals surface area contributed by atoms with Crippen LogP contribution in [0.3, 0.4) is 0 Å². The maximum Gasteiger partial charge on any atom is 0.121 e. The van der Waals surface area contributed by atoms with Gasteiger partial charge in [-0.2, -0.15) is 0 Å². The Labute approximate surface area is 134 Å². The Morgan fingerprint density at radius 3 is 2.24 bits per heavy atom. The van der Waals surface area contributed by atoms with Crippen LogP contribution in [0.25, 0.3) is 0 Å². The predicted molar refractivity (Wildman–Crippen MR) is 90.5 cm³/mol. The zero-order valence-electron chi connectivity index (χ0n) is 12.5. The van der Waals surface area contributed by atoms with Crippen molar-refractivity contribution in [2.45, 2.75) is 19.4 Å². The van der Waals surface area contributed by atoms with E-state index in [9.17, 15) is 0 Å². The summed E-state index contributed by atoms with van der Waals surface area (Å²) in [6, 6.07) is 14.4. The van der Waals surface area contributed by atoms with Crippen molar-refractivity contribution in [1.82, 2.24) is 0 Å². The van der Waals surface area contributed by atoms with Crippen LogP contribution in [-0.2, 0) is 6.42 Å². The van der Waals surface area contributed by atoms with Gasteiger partial charge in [0.25, 0.3) is 0 Å². The minimum absolute atomic E-state index is 0.307. The van der Waals surface area contributed by atoms with E-state index in [2.05, 4.69) is 40.3 Å². The molecule has 1 N–H and O–H groups in total. The van der Waals surface area contributed by atoms with Crippen LogP contribution >= 0.6 is 15.9 Å². The Morgan fingerprint density at radius 1 is 1.00 bits per heavy atom. The highest BCUT2D eigenvalue weighted by molar-refractivity contribution is 9.10. The first-order valence-corrected chi connectivity index (χ1v) is 7.64. The molecule has 0 aliphatic heterocycles. The van der Waals surface area contributed by atoms with E-state index in [0.29, 0.717) is 6.04 Å². The topological polar surface area (TPSA) is 30.5 Å². The Hall–Kier alpha value is -1.68. The third kappa shape index (κ3) is 4.39. The van der Waals surface area contributed by atoms with Gasteiger partial charge in [-0.05, 0) is 59.1 Å². The smallest absolute Gasteiger partial charge is 0.121 e. The summed E-state index contributed by atoms with van der Waals surface area (Å²) in [6.45, 7) is 2.16. The van der Waals surface area contributed by atoms with Crippen molar-refractivity contribution in [3.05, 3.63) is 52.5 Å². The van der Waals surface area contributed by atoms with Crippen LogP contribution in [0.15, 0.2) is 46.9 Å². The van der Waals surface area contributed by atoms with Gasteiger partial charge < -0.3 is 14.8 Å². The molecule has 21 heavy (non-hydrogen) atoms. The second-order valence-corrected chi connectivity index (χ2v) is 5.80. The minimum atomic E-state index is 0.307. The molecule has 1 unspecified atom stereocenters. The standard InChI is InChI=1S/C17H20BrNO2/c1-12(10-13-4-6-14(20-2)7-5-13)19-17-11-15(21-3)8-9-16(17)18/h4-9,11-12,19H,10H2,1-3H3. The van der Waals surface area contributed by atoms with Crippen LogP contribution in [0, 0.1) is 0 Å². The van der Waals surface area contributed by atoms with E-state index in [1.165, 1.54) is 5.56 Å². The van der Waals surface area contributed by atoms with Gasteiger partial charge >= 0.3 is 0 Å². The van der Waals surface area contributed by atoms with Gasteiger partial charge in [-0.1, -0.05) is 12.1 Å². The summed E-state index contributed by atoms with van der Waals surface area (Å²) < 4.78 is 11.5. The Bertz CT molecular complexity index is 584. The highest BCUT2D eigenvalue weighted by Gasteiger charge is 2.07. The van der Waals surface area contributed by atoms with Crippen molar-refractivity contribution in [1.29, 1.82) is 0 Å². The molecule has 112 valence electrons. The quantitative estimate of drug-likeness (QED) is 0.832. The second kappa shape index (κ2) is 7.36. The molecule has 1 atom stereocenters. The highest BCUT2D eigenvalue weighted by Crippen LogP contribution is 2.28. The Balaban J connectivity index is 2.02. The molecule has 2 aromatic carbocycles. The van der Waals surface area contributed by atoms with Gasteiger partial charge in [0.15, 0.2) is 0 Å². The molecule has 2 aromatic rings. The van der Waals surface area contributed by atoms with Crippen LogP contribution in [0.5, 0.6) is 11.5 Å². The first kappa shape index (κ1) is 15.7. The molecule has 4 heteroatoms. The van der Waals surface area contributed by atoms with Gasteiger partial charge in [0.05, 0.1) is 19.9 Å². The summed E-state index contributed by atoms with van der Waals surface area (Å²) in [4.78, 5) is 0. The lowest BCUT2D eigenvalue weighted by molar-refractivity contribution is 0.414. The number of methoxy groups -OCH3 is 2. The lowest BCUT2D eigenvalue weighted by atomic mass is 10.1.